The van der Waals surface area contributed by atoms with E-state index in [1.165, 1.54) is 25.9 Å². The Labute approximate surface area is 134 Å². The first kappa shape index (κ1) is 16.8. The van der Waals surface area contributed by atoms with E-state index in [1.54, 1.807) is 0 Å². The number of likely N-dealkylation sites (tertiary alicyclic amines) is 1. The molecule has 120 valence electrons. The fourth-order valence-corrected chi connectivity index (χ4v) is 2.53. The first-order valence-corrected chi connectivity index (χ1v) is 8.24. The number of rotatable bonds is 5. The molecule has 0 aromatic heterocycles. The monoisotopic (exact) mass is 300 g/mol. The van der Waals surface area contributed by atoms with Crippen molar-refractivity contribution in [1.29, 1.82) is 0 Å². The first-order chi connectivity index (χ1) is 10.4. The van der Waals surface area contributed by atoms with Crippen molar-refractivity contribution >= 4 is 12.0 Å². The Bertz CT molecular complexity index is 505. The molecule has 2 rings (SSSR count). The predicted octanol–water partition coefficient (Wildman–Crippen LogP) is 3.57. The molecule has 0 saturated carbocycles. The summed E-state index contributed by atoms with van der Waals surface area (Å²) in [7, 11) is 0. The zero-order valence-corrected chi connectivity index (χ0v) is 14.1. The van der Waals surface area contributed by atoms with Crippen LogP contribution in [-0.4, -0.2) is 37.0 Å². The summed E-state index contributed by atoms with van der Waals surface area (Å²) >= 11 is 0. The Morgan fingerprint density at radius 3 is 2.41 bits per heavy atom. The molecule has 0 aliphatic carbocycles. The molecule has 1 aliphatic heterocycles. The molecule has 1 aliphatic rings. The number of amides is 1. The van der Waals surface area contributed by atoms with Gasteiger partial charge in [0.2, 0.25) is 0 Å². The molecule has 3 nitrogen and oxygen atoms in total. The van der Waals surface area contributed by atoms with Crippen LogP contribution in [0.15, 0.2) is 30.3 Å². The number of benzene rings is 1. The highest BCUT2D eigenvalue weighted by atomic mass is 16.1. The van der Waals surface area contributed by atoms with Gasteiger partial charge >= 0.3 is 0 Å². The summed E-state index contributed by atoms with van der Waals surface area (Å²) in [5.74, 6) is 0.0190. The molecule has 1 aromatic rings. The largest absolute Gasteiger partial charge is 0.351 e. The number of nitrogens with zero attached hydrogens (tertiary/aromatic N) is 1. The highest BCUT2D eigenvalue weighted by Gasteiger charge is 2.11. The van der Waals surface area contributed by atoms with Gasteiger partial charge in [0, 0.05) is 18.7 Å². The van der Waals surface area contributed by atoms with E-state index in [2.05, 4.69) is 43.1 Å². The van der Waals surface area contributed by atoms with Crippen LogP contribution < -0.4 is 5.32 Å². The van der Waals surface area contributed by atoms with E-state index in [0.29, 0.717) is 0 Å². The Balaban J connectivity index is 1.81. The summed E-state index contributed by atoms with van der Waals surface area (Å²) < 4.78 is 0. The zero-order valence-electron chi connectivity index (χ0n) is 14.1. The van der Waals surface area contributed by atoms with E-state index < -0.39 is 0 Å². The smallest absolute Gasteiger partial charge is 0.251 e. The summed E-state index contributed by atoms with van der Waals surface area (Å²) in [5, 5.41) is 3.00. The van der Waals surface area contributed by atoms with Crippen molar-refractivity contribution in [2.45, 2.75) is 33.6 Å². The van der Waals surface area contributed by atoms with Gasteiger partial charge in [0.1, 0.15) is 0 Å². The fraction of sp³-hybridized carbons (Fsp3) is 0.526. The maximum atomic E-state index is 12.1. The number of hydrogen-bond donors (Lipinski definition) is 1. The van der Waals surface area contributed by atoms with Gasteiger partial charge in [-0.3, -0.25) is 4.79 Å². The van der Waals surface area contributed by atoms with Crippen LogP contribution in [0.2, 0.25) is 0 Å². The summed E-state index contributed by atoms with van der Waals surface area (Å²) in [5.41, 5.74) is 2.03. The van der Waals surface area contributed by atoms with Crippen LogP contribution in [0, 0.1) is 5.41 Å². The van der Waals surface area contributed by atoms with Gasteiger partial charge < -0.3 is 10.2 Å². The van der Waals surface area contributed by atoms with E-state index >= 15 is 0 Å². The second kappa shape index (κ2) is 7.59. The third kappa shape index (κ3) is 5.64. The van der Waals surface area contributed by atoms with Crippen molar-refractivity contribution < 1.29 is 4.79 Å². The standard InChI is InChI=1S/C19H28N2O/c1-19(2,3)11-10-16-6-8-17(9-7-16)18(22)20-12-15-21-13-4-5-14-21/h6-11H,4-5,12-15H2,1-3H3,(H,20,22)/b11-10+. The lowest BCUT2D eigenvalue weighted by Gasteiger charge is -2.14. The van der Waals surface area contributed by atoms with Crippen LogP contribution in [0.1, 0.15) is 49.5 Å². The third-order valence-corrected chi connectivity index (χ3v) is 3.86. The maximum Gasteiger partial charge on any atom is 0.251 e. The van der Waals surface area contributed by atoms with Gasteiger partial charge in [-0.2, -0.15) is 0 Å². The molecular formula is C19H28N2O. The molecular weight excluding hydrogens is 272 g/mol. The van der Waals surface area contributed by atoms with Gasteiger partial charge in [0.15, 0.2) is 0 Å². The number of carbonyl (C=O) groups is 1. The summed E-state index contributed by atoms with van der Waals surface area (Å²) in [6, 6.07) is 7.79. The van der Waals surface area contributed by atoms with Gasteiger partial charge in [-0.05, 0) is 49.0 Å². The maximum absolute atomic E-state index is 12.1. The zero-order chi connectivity index (χ0) is 16.0. The minimum atomic E-state index is 0.0190. The highest BCUT2D eigenvalue weighted by Crippen LogP contribution is 2.17. The normalized spacial score (nSPS) is 16.3. The van der Waals surface area contributed by atoms with E-state index in [1.807, 2.05) is 24.3 Å². The van der Waals surface area contributed by atoms with Crippen molar-refractivity contribution in [3.05, 3.63) is 41.5 Å². The molecule has 0 bridgehead atoms. The molecule has 3 heteroatoms. The summed E-state index contributed by atoms with van der Waals surface area (Å²) in [6.07, 6.45) is 6.86. The SMILES string of the molecule is CC(C)(C)/C=C/c1ccc(C(=O)NCCN2CCCC2)cc1. The minimum absolute atomic E-state index is 0.0190. The van der Waals surface area contributed by atoms with Gasteiger partial charge in [-0.25, -0.2) is 0 Å². The molecule has 1 amide bonds. The van der Waals surface area contributed by atoms with Gasteiger partial charge in [-0.1, -0.05) is 45.1 Å². The Morgan fingerprint density at radius 1 is 1.18 bits per heavy atom. The lowest BCUT2D eigenvalue weighted by molar-refractivity contribution is 0.0950. The lowest BCUT2D eigenvalue weighted by Crippen LogP contribution is -2.33. The molecule has 0 radical (unpaired) electrons. The minimum Gasteiger partial charge on any atom is -0.351 e. The van der Waals surface area contributed by atoms with Crippen LogP contribution >= 0.6 is 0 Å². The molecule has 22 heavy (non-hydrogen) atoms. The van der Waals surface area contributed by atoms with Crippen molar-refractivity contribution in [2.24, 2.45) is 5.41 Å². The van der Waals surface area contributed by atoms with Crippen molar-refractivity contribution in [1.82, 2.24) is 10.2 Å². The van der Waals surface area contributed by atoms with Crippen LogP contribution in [0.25, 0.3) is 6.08 Å². The molecule has 1 heterocycles. The average molecular weight is 300 g/mol. The fourth-order valence-electron chi connectivity index (χ4n) is 2.53. The Morgan fingerprint density at radius 2 is 1.82 bits per heavy atom. The molecule has 1 fully saturated rings. The first-order valence-electron chi connectivity index (χ1n) is 8.24. The second-order valence-electron chi connectivity index (χ2n) is 7.13. The highest BCUT2D eigenvalue weighted by molar-refractivity contribution is 5.94. The van der Waals surface area contributed by atoms with Gasteiger partial charge in [-0.15, -0.1) is 0 Å². The van der Waals surface area contributed by atoms with Gasteiger partial charge in [0.25, 0.3) is 5.91 Å². The van der Waals surface area contributed by atoms with Crippen molar-refractivity contribution in [3.8, 4) is 0 Å². The van der Waals surface area contributed by atoms with Crippen LogP contribution in [0.5, 0.6) is 0 Å². The predicted molar refractivity (Wildman–Crippen MR) is 92.9 cm³/mol. The third-order valence-electron chi connectivity index (χ3n) is 3.86. The van der Waals surface area contributed by atoms with Crippen LogP contribution in [0.3, 0.4) is 0 Å². The topological polar surface area (TPSA) is 32.3 Å². The molecule has 0 spiro atoms. The number of allylic oxidation sites excluding steroid dienone is 1. The second-order valence-corrected chi connectivity index (χ2v) is 7.13. The van der Waals surface area contributed by atoms with Crippen molar-refractivity contribution in [3.63, 3.8) is 0 Å². The van der Waals surface area contributed by atoms with E-state index in [-0.39, 0.29) is 11.3 Å². The van der Waals surface area contributed by atoms with E-state index in [0.717, 1.165) is 24.2 Å². The molecule has 1 saturated heterocycles. The van der Waals surface area contributed by atoms with Crippen molar-refractivity contribution in [2.75, 3.05) is 26.2 Å². The molecule has 1 aromatic carbocycles. The number of carbonyl (C=O) groups excluding carboxylic acids is 1. The molecule has 0 unspecified atom stereocenters. The van der Waals surface area contributed by atoms with E-state index in [9.17, 15) is 4.79 Å². The summed E-state index contributed by atoms with van der Waals surface area (Å²) in [4.78, 5) is 14.5. The number of hydrogen-bond acceptors (Lipinski definition) is 2. The quantitative estimate of drug-likeness (QED) is 0.901. The van der Waals surface area contributed by atoms with Gasteiger partial charge in [0.05, 0.1) is 0 Å². The number of nitrogens with one attached hydrogen (secondary N) is 1. The Kier molecular flexibility index (Phi) is 5.78. The van der Waals surface area contributed by atoms with Crippen LogP contribution in [0.4, 0.5) is 0 Å². The Hall–Kier alpha value is -1.61. The molecule has 0 atom stereocenters. The van der Waals surface area contributed by atoms with Crippen LogP contribution in [-0.2, 0) is 0 Å². The lowest BCUT2D eigenvalue weighted by atomic mass is 9.95. The van der Waals surface area contributed by atoms with E-state index in [4.69, 9.17) is 0 Å². The molecule has 1 N–H and O–H groups in total. The average Bonchev–Trinajstić information content (AvgIpc) is 2.98. The summed E-state index contributed by atoms with van der Waals surface area (Å²) in [6.45, 7) is 10.5.